The van der Waals surface area contributed by atoms with Crippen LogP contribution in [0.2, 0.25) is 0 Å². The van der Waals surface area contributed by atoms with Crippen molar-refractivity contribution >= 4 is 23.3 Å². The summed E-state index contributed by atoms with van der Waals surface area (Å²) in [6.07, 6.45) is 3.98. The smallest absolute Gasteiger partial charge is 0.292 e. The molecule has 29 heavy (non-hydrogen) atoms. The summed E-state index contributed by atoms with van der Waals surface area (Å²) in [5, 5.41) is 5.26. The molecule has 3 aromatic rings. The normalized spacial score (nSPS) is 15.1. The number of hydrogen-bond donors (Lipinski definition) is 2. The van der Waals surface area contributed by atoms with Gasteiger partial charge in [0, 0.05) is 42.6 Å². The van der Waals surface area contributed by atoms with Gasteiger partial charge < -0.3 is 20.0 Å². The second-order valence-corrected chi connectivity index (χ2v) is 7.05. The molecule has 2 amide bonds. The first-order valence-corrected chi connectivity index (χ1v) is 9.47. The van der Waals surface area contributed by atoms with E-state index in [0.717, 1.165) is 12.0 Å². The van der Waals surface area contributed by atoms with Crippen LogP contribution in [-0.2, 0) is 13.0 Å². The average molecular weight is 390 g/mol. The van der Waals surface area contributed by atoms with E-state index in [0.29, 0.717) is 24.0 Å². The van der Waals surface area contributed by atoms with Crippen LogP contribution in [0.15, 0.2) is 59.3 Å². The number of rotatable bonds is 5. The number of fused-ring (bicyclic) bond motifs is 1. The van der Waals surface area contributed by atoms with Crippen LogP contribution in [0.1, 0.15) is 39.0 Å². The second kappa shape index (κ2) is 7.79. The molecule has 1 atom stereocenters. The fraction of sp³-hybridized carbons (Fsp3) is 0.227. The maximum absolute atomic E-state index is 12.8. The molecule has 1 aliphatic rings. The summed E-state index contributed by atoms with van der Waals surface area (Å²) in [6, 6.07) is 13.6. The first kappa shape index (κ1) is 18.7. The number of nitrogens with one attached hydrogen (secondary N) is 2. The van der Waals surface area contributed by atoms with Crippen LogP contribution in [0.5, 0.6) is 0 Å². The van der Waals surface area contributed by atoms with Crippen LogP contribution >= 0.6 is 0 Å². The number of pyridine rings is 1. The molecule has 2 aromatic heterocycles. The number of benzene rings is 1. The Morgan fingerprint density at radius 2 is 2.03 bits per heavy atom. The predicted octanol–water partition coefficient (Wildman–Crippen LogP) is 3.24. The fourth-order valence-electron chi connectivity index (χ4n) is 3.67. The van der Waals surface area contributed by atoms with Crippen molar-refractivity contribution in [2.75, 3.05) is 17.3 Å². The first-order valence-electron chi connectivity index (χ1n) is 9.47. The lowest BCUT2D eigenvalue weighted by Gasteiger charge is -2.24. The highest BCUT2D eigenvalue weighted by molar-refractivity contribution is 6.03. The summed E-state index contributed by atoms with van der Waals surface area (Å²) >= 11 is 0. The number of para-hydroxylation sites is 1. The van der Waals surface area contributed by atoms with Crippen LogP contribution in [-0.4, -0.2) is 29.9 Å². The van der Waals surface area contributed by atoms with Gasteiger partial charge in [-0.05, 0) is 43.2 Å². The van der Waals surface area contributed by atoms with E-state index in [9.17, 15) is 9.59 Å². The molecule has 0 saturated heterocycles. The molecule has 0 radical (unpaired) electrons. The number of amides is 2. The van der Waals surface area contributed by atoms with E-state index in [2.05, 4.69) is 39.6 Å². The van der Waals surface area contributed by atoms with Gasteiger partial charge in [0.2, 0.25) is 0 Å². The maximum Gasteiger partial charge on any atom is 0.292 e. The zero-order chi connectivity index (χ0) is 20.4. The van der Waals surface area contributed by atoms with Gasteiger partial charge in [-0.1, -0.05) is 18.2 Å². The van der Waals surface area contributed by atoms with E-state index in [1.165, 1.54) is 29.8 Å². The van der Waals surface area contributed by atoms with Crippen molar-refractivity contribution in [1.29, 1.82) is 0 Å². The van der Waals surface area contributed by atoms with Gasteiger partial charge in [0.1, 0.15) is 5.82 Å². The summed E-state index contributed by atoms with van der Waals surface area (Å²) in [7, 11) is 1.55. The summed E-state index contributed by atoms with van der Waals surface area (Å²) in [6.45, 7) is 2.75. The lowest BCUT2D eigenvalue weighted by Crippen LogP contribution is -2.29. The van der Waals surface area contributed by atoms with Crippen molar-refractivity contribution in [3.8, 4) is 0 Å². The topological polar surface area (TPSA) is 87.5 Å². The highest BCUT2D eigenvalue weighted by atomic mass is 16.3. The van der Waals surface area contributed by atoms with Gasteiger partial charge in [-0.3, -0.25) is 9.59 Å². The Hall–Kier alpha value is -3.61. The molecule has 3 heterocycles. The lowest BCUT2D eigenvalue weighted by atomic mass is 10.1. The molecular weight excluding hydrogens is 368 g/mol. The zero-order valence-electron chi connectivity index (χ0n) is 16.3. The van der Waals surface area contributed by atoms with E-state index in [1.807, 2.05) is 18.2 Å². The second-order valence-electron chi connectivity index (χ2n) is 7.05. The molecule has 2 N–H and O–H groups in total. The third kappa shape index (κ3) is 3.71. The van der Waals surface area contributed by atoms with E-state index in [1.54, 1.807) is 13.1 Å². The minimum Gasteiger partial charge on any atom is -0.459 e. The van der Waals surface area contributed by atoms with Gasteiger partial charge in [-0.2, -0.15) is 0 Å². The summed E-state index contributed by atoms with van der Waals surface area (Å²) in [4.78, 5) is 31.0. The number of carbonyl (C=O) groups excluding carboxylic acids is 2. The Balaban J connectivity index is 1.52. The van der Waals surface area contributed by atoms with Gasteiger partial charge in [0.05, 0.1) is 6.26 Å². The molecule has 4 rings (SSSR count). The zero-order valence-corrected chi connectivity index (χ0v) is 16.3. The molecule has 0 bridgehead atoms. The lowest BCUT2D eigenvalue weighted by molar-refractivity contribution is 0.0960. The maximum atomic E-state index is 12.8. The fourth-order valence-corrected chi connectivity index (χ4v) is 3.67. The molecule has 1 aliphatic heterocycles. The largest absolute Gasteiger partial charge is 0.459 e. The SMILES string of the molecule is CNC(=O)c1ccnc(NC(=O)c2occc2CN2c3ccccc3CC2C)c1. The standard InChI is InChI=1S/C22H22N4O3/c1-14-11-15-5-3-4-6-18(15)26(14)13-17-8-10-29-20(17)22(28)25-19-12-16(7-9-24-19)21(27)23-2/h3-10,12,14H,11,13H2,1-2H3,(H,23,27)(H,24,25,28). The Bertz CT molecular complexity index is 1060. The minimum atomic E-state index is -0.397. The molecule has 1 aromatic carbocycles. The Kier molecular flexibility index (Phi) is 5.03. The Morgan fingerprint density at radius 1 is 1.21 bits per heavy atom. The van der Waals surface area contributed by atoms with Gasteiger partial charge in [0.15, 0.2) is 5.76 Å². The number of anilines is 2. The summed E-state index contributed by atoms with van der Waals surface area (Å²) in [5.41, 5.74) is 3.71. The van der Waals surface area contributed by atoms with E-state index < -0.39 is 5.91 Å². The van der Waals surface area contributed by atoms with Crippen LogP contribution in [0.4, 0.5) is 11.5 Å². The molecule has 148 valence electrons. The molecular formula is C22H22N4O3. The molecule has 0 fully saturated rings. The Labute approximate surface area is 168 Å². The summed E-state index contributed by atoms with van der Waals surface area (Å²) in [5.74, 6) is -0.109. The van der Waals surface area contributed by atoms with Gasteiger partial charge >= 0.3 is 0 Å². The van der Waals surface area contributed by atoms with Crippen molar-refractivity contribution in [2.45, 2.75) is 25.9 Å². The number of nitrogens with zero attached hydrogens (tertiary/aromatic N) is 2. The highest BCUT2D eigenvalue weighted by Gasteiger charge is 2.27. The van der Waals surface area contributed by atoms with Crippen LogP contribution in [0, 0.1) is 0 Å². The molecule has 0 aliphatic carbocycles. The van der Waals surface area contributed by atoms with Gasteiger partial charge in [0.25, 0.3) is 11.8 Å². The van der Waals surface area contributed by atoms with E-state index in [4.69, 9.17) is 4.42 Å². The van der Waals surface area contributed by atoms with Crippen molar-refractivity contribution in [3.63, 3.8) is 0 Å². The van der Waals surface area contributed by atoms with Crippen molar-refractivity contribution < 1.29 is 14.0 Å². The number of aromatic nitrogens is 1. The number of furan rings is 1. The van der Waals surface area contributed by atoms with Gasteiger partial charge in [-0.15, -0.1) is 0 Å². The van der Waals surface area contributed by atoms with Crippen LogP contribution < -0.4 is 15.5 Å². The molecule has 7 heteroatoms. The van der Waals surface area contributed by atoms with Crippen molar-refractivity contribution in [2.24, 2.45) is 0 Å². The van der Waals surface area contributed by atoms with E-state index in [-0.39, 0.29) is 11.7 Å². The monoisotopic (exact) mass is 390 g/mol. The van der Waals surface area contributed by atoms with Crippen molar-refractivity contribution in [1.82, 2.24) is 10.3 Å². The highest BCUT2D eigenvalue weighted by Crippen LogP contribution is 2.33. The number of hydrogen-bond acceptors (Lipinski definition) is 5. The average Bonchev–Trinajstić information content (AvgIpc) is 3.32. The molecule has 0 spiro atoms. The van der Waals surface area contributed by atoms with Crippen LogP contribution in [0.25, 0.3) is 0 Å². The third-order valence-corrected chi connectivity index (χ3v) is 5.13. The molecule has 7 nitrogen and oxygen atoms in total. The number of carbonyl (C=O) groups is 2. The quantitative estimate of drug-likeness (QED) is 0.698. The van der Waals surface area contributed by atoms with Gasteiger partial charge in [-0.25, -0.2) is 4.98 Å². The van der Waals surface area contributed by atoms with Crippen LogP contribution in [0.3, 0.4) is 0 Å². The summed E-state index contributed by atoms with van der Waals surface area (Å²) < 4.78 is 5.49. The molecule has 0 saturated carbocycles. The first-order chi connectivity index (χ1) is 14.1. The van der Waals surface area contributed by atoms with Crippen molar-refractivity contribution in [3.05, 3.63) is 77.4 Å². The predicted molar refractivity (Wildman–Crippen MR) is 110 cm³/mol. The van der Waals surface area contributed by atoms with E-state index >= 15 is 0 Å². The Morgan fingerprint density at radius 3 is 2.86 bits per heavy atom. The molecule has 1 unspecified atom stereocenters. The third-order valence-electron chi connectivity index (χ3n) is 5.13. The minimum absolute atomic E-state index is 0.244.